The van der Waals surface area contributed by atoms with E-state index in [9.17, 15) is 4.79 Å². The summed E-state index contributed by atoms with van der Waals surface area (Å²) in [7, 11) is 0. The topological polar surface area (TPSA) is 51.2 Å². The first-order chi connectivity index (χ1) is 13.3. The van der Waals surface area contributed by atoms with Crippen LogP contribution in [0.2, 0.25) is 0 Å². The molecule has 140 valence electrons. The average Bonchev–Trinajstić information content (AvgIpc) is 3.15. The smallest absolute Gasteiger partial charge is 0.340 e. The van der Waals surface area contributed by atoms with E-state index in [1.54, 1.807) is 29.4 Å². The highest BCUT2D eigenvalue weighted by atomic mass is 32.2. The standard InChI is InChI=1S/C21H22N2O2S2/c24-20(25-14-15-8-3-1-4-9-15)17-12-7-13-18-19(17)22-21(26-18)27-23-16-10-5-2-6-11-16/h1,3-4,7-9,12-13,16,23H,2,5-6,10-11,14H2. The van der Waals surface area contributed by atoms with Gasteiger partial charge in [-0.3, -0.25) is 4.72 Å². The van der Waals surface area contributed by atoms with Crippen LogP contribution in [0.4, 0.5) is 0 Å². The Balaban J connectivity index is 1.44. The van der Waals surface area contributed by atoms with Gasteiger partial charge in [0.15, 0.2) is 4.34 Å². The van der Waals surface area contributed by atoms with Crippen LogP contribution in [-0.2, 0) is 11.3 Å². The summed E-state index contributed by atoms with van der Waals surface area (Å²) in [6.07, 6.45) is 6.41. The fourth-order valence-corrected chi connectivity index (χ4v) is 5.24. The molecular weight excluding hydrogens is 376 g/mol. The summed E-state index contributed by atoms with van der Waals surface area (Å²) in [5, 5.41) is 0. The predicted octanol–water partition coefficient (Wildman–Crippen LogP) is 5.58. The minimum absolute atomic E-state index is 0.269. The van der Waals surface area contributed by atoms with Crippen LogP contribution in [0.3, 0.4) is 0 Å². The number of para-hydroxylation sites is 1. The Bertz CT molecular complexity index is 905. The maximum Gasteiger partial charge on any atom is 0.340 e. The highest BCUT2D eigenvalue weighted by Gasteiger charge is 2.17. The van der Waals surface area contributed by atoms with Crippen LogP contribution in [0.1, 0.15) is 48.0 Å². The second-order valence-corrected chi connectivity index (χ2v) is 8.86. The quantitative estimate of drug-likeness (QED) is 0.434. The van der Waals surface area contributed by atoms with Crippen molar-refractivity contribution >= 4 is 39.5 Å². The summed E-state index contributed by atoms with van der Waals surface area (Å²) in [5.74, 6) is -0.327. The van der Waals surface area contributed by atoms with Crippen molar-refractivity contribution in [3.05, 3.63) is 59.7 Å². The third-order valence-electron chi connectivity index (χ3n) is 4.75. The van der Waals surface area contributed by atoms with E-state index in [0.29, 0.717) is 11.6 Å². The Kier molecular flexibility index (Phi) is 6.07. The summed E-state index contributed by atoms with van der Waals surface area (Å²) in [6, 6.07) is 16.0. The summed E-state index contributed by atoms with van der Waals surface area (Å²) < 4.78 is 11.0. The molecule has 0 amide bonds. The number of aromatic nitrogens is 1. The third kappa shape index (κ3) is 4.69. The first-order valence-corrected chi connectivity index (χ1v) is 11.0. The van der Waals surface area contributed by atoms with Crippen molar-refractivity contribution in [2.75, 3.05) is 0 Å². The van der Waals surface area contributed by atoms with Gasteiger partial charge in [-0.2, -0.15) is 0 Å². The molecule has 0 unspecified atom stereocenters. The summed E-state index contributed by atoms with van der Waals surface area (Å²) in [4.78, 5) is 17.3. The number of benzene rings is 2. The van der Waals surface area contributed by atoms with Gasteiger partial charge in [0.05, 0.1) is 15.8 Å². The Morgan fingerprint density at radius 2 is 1.93 bits per heavy atom. The number of fused-ring (bicyclic) bond motifs is 1. The van der Waals surface area contributed by atoms with Gasteiger partial charge in [-0.1, -0.05) is 55.7 Å². The van der Waals surface area contributed by atoms with Gasteiger partial charge in [0.2, 0.25) is 0 Å². The van der Waals surface area contributed by atoms with Gasteiger partial charge < -0.3 is 4.74 Å². The highest BCUT2D eigenvalue weighted by molar-refractivity contribution is 7.99. The van der Waals surface area contributed by atoms with Crippen LogP contribution in [0.15, 0.2) is 52.9 Å². The van der Waals surface area contributed by atoms with Gasteiger partial charge in [-0.15, -0.1) is 11.3 Å². The largest absolute Gasteiger partial charge is 0.457 e. The molecule has 1 saturated carbocycles. The molecule has 4 nitrogen and oxygen atoms in total. The van der Waals surface area contributed by atoms with Crippen molar-refractivity contribution in [3.8, 4) is 0 Å². The Hall–Kier alpha value is -1.89. The van der Waals surface area contributed by atoms with E-state index in [1.165, 1.54) is 32.1 Å². The van der Waals surface area contributed by atoms with Gasteiger partial charge in [0.1, 0.15) is 6.61 Å². The minimum Gasteiger partial charge on any atom is -0.457 e. The highest BCUT2D eigenvalue weighted by Crippen LogP contribution is 2.31. The lowest BCUT2D eigenvalue weighted by Crippen LogP contribution is -2.25. The van der Waals surface area contributed by atoms with Crippen molar-refractivity contribution in [2.24, 2.45) is 0 Å². The minimum atomic E-state index is -0.327. The second-order valence-electron chi connectivity index (χ2n) is 6.75. The maximum atomic E-state index is 12.6. The number of hydrogen-bond acceptors (Lipinski definition) is 6. The lowest BCUT2D eigenvalue weighted by atomic mass is 9.96. The number of carbonyl (C=O) groups is 1. The molecule has 1 heterocycles. The molecule has 0 bridgehead atoms. The molecule has 0 radical (unpaired) electrons. The normalized spacial score (nSPS) is 15.1. The fourth-order valence-electron chi connectivity index (χ4n) is 3.29. The molecule has 1 aliphatic rings. The lowest BCUT2D eigenvalue weighted by molar-refractivity contribution is 0.0475. The van der Waals surface area contributed by atoms with Crippen LogP contribution < -0.4 is 4.72 Å². The van der Waals surface area contributed by atoms with E-state index in [2.05, 4.69) is 4.72 Å². The molecule has 27 heavy (non-hydrogen) atoms. The monoisotopic (exact) mass is 398 g/mol. The number of nitrogens with zero attached hydrogens (tertiary/aromatic N) is 1. The van der Waals surface area contributed by atoms with Crippen LogP contribution in [0, 0.1) is 0 Å². The van der Waals surface area contributed by atoms with Crippen LogP contribution in [0.5, 0.6) is 0 Å². The third-order valence-corrected chi connectivity index (χ3v) is 6.78. The van der Waals surface area contributed by atoms with E-state index < -0.39 is 0 Å². The first-order valence-electron chi connectivity index (χ1n) is 9.32. The molecule has 0 aliphatic heterocycles. The number of rotatable bonds is 6. The molecule has 1 N–H and O–H groups in total. The number of hydrogen-bond donors (Lipinski definition) is 1. The molecule has 4 rings (SSSR count). The van der Waals surface area contributed by atoms with Gasteiger partial charge in [-0.05, 0) is 42.5 Å². The first kappa shape index (κ1) is 18.5. The molecule has 1 fully saturated rings. The average molecular weight is 399 g/mol. The van der Waals surface area contributed by atoms with E-state index in [-0.39, 0.29) is 12.6 Å². The van der Waals surface area contributed by atoms with Crippen molar-refractivity contribution in [1.29, 1.82) is 0 Å². The molecular formula is C21H22N2O2S2. The van der Waals surface area contributed by atoms with E-state index in [4.69, 9.17) is 9.72 Å². The Morgan fingerprint density at radius 1 is 1.11 bits per heavy atom. The molecule has 0 spiro atoms. The zero-order chi connectivity index (χ0) is 18.5. The zero-order valence-electron chi connectivity index (χ0n) is 15.0. The molecule has 1 aliphatic carbocycles. The van der Waals surface area contributed by atoms with Crippen LogP contribution >= 0.6 is 23.3 Å². The number of ether oxygens (including phenoxy) is 1. The van der Waals surface area contributed by atoms with Gasteiger partial charge in [-0.25, -0.2) is 9.78 Å². The second kappa shape index (κ2) is 8.87. The Morgan fingerprint density at radius 3 is 2.74 bits per heavy atom. The Labute approximate surface area is 167 Å². The number of esters is 1. The molecule has 3 aromatic rings. The van der Waals surface area contributed by atoms with Gasteiger partial charge in [0.25, 0.3) is 0 Å². The maximum absolute atomic E-state index is 12.6. The zero-order valence-corrected chi connectivity index (χ0v) is 16.7. The lowest BCUT2D eigenvalue weighted by Gasteiger charge is -2.21. The van der Waals surface area contributed by atoms with E-state index >= 15 is 0 Å². The molecule has 0 atom stereocenters. The fraction of sp³-hybridized carbons (Fsp3) is 0.333. The molecule has 2 aromatic carbocycles. The van der Waals surface area contributed by atoms with E-state index in [0.717, 1.165) is 20.1 Å². The van der Waals surface area contributed by atoms with E-state index in [1.807, 2.05) is 42.5 Å². The summed E-state index contributed by atoms with van der Waals surface area (Å²) in [6.45, 7) is 0.269. The van der Waals surface area contributed by atoms with Crippen LogP contribution in [0.25, 0.3) is 10.2 Å². The predicted molar refractivity (Wildman–Crippen MR) is 111 cm³/mol. The van der Waals surface area contributed by atoms with Crippen molar-refractivity contribution in [1.82, 2.24) is 9.71 Å². The van der Waals surface area contributed by atoms with Crippen LogP contribution in [-0.4, -0.2) is 17.0 Å². The number of nitrogens with one attached hydrogen (secondary N) is 1. The molecule has 6 heteroatoms. The SMILES string of the molecule is O=C(OCc1ccccc1)c1cccc2sc(SNC3CCCCC3)nc12. The van der Waals surface area contributed by atoms with Gasteiger partial charge in [0, 0.05) is 6.04 Å². The molecule has 1 aromatic heterocycles. The molecule has 0 saturated heterocycles. The number of thiazole rings is 1. The number of carbonyl (C=O) groups excluding carboxylic acids is 1. The summed E-state index contributed by atoms with van der Waals surface area (Å²) >= 11 is 3.20. The van der Waals surface area contributed by atoms with Crippen molar-refractivity contribution < 1.29 is 9.53 Å². The van der Waals surface area contributed by atoms with Crippen molar-refractivity contribution in [3.63, 3.8) is 0 Å². The van der Waals surface area contributed by atoms with Crippen molar-refractivity contribution in [2.45, 2.75) is 49.1 Å². The summed E-state index contributed by atoms with van der Waals surface area (Å²) in [5.41, 5.74) is 2.24. The van der Waals surface area contributed by atoms with Gasteiger partial charge >= 0.3 is 5.97 Å².